The number of nitrogens with one attached hydrogen (secondary N) is 1. The van der Waals surface area contributed by atoms with Gasteiger partial charge in [0.15, 0.2) is 6.61 Å². The van der Waals surface area contributed by atoms with Crippen molar-refractivity contribution in [3.63, 3.8) is 0 Å². The summed E-state index contributed by atoms with van der Waals surface area (Å²) in [4.78, 5) is 26.5. The summed E-state index contributed by atoms with van der Waals surface area (Å²) in [5.41, 5.74) is 0. The number of hydrogen-bond acceptors (Lipinski definition) is 6. The van der Waals surface area contributed by atoms with E-state index in [1.54, 1.807) is 37.4 Å². The lowest BCUT2D eigenvalue weighted by Crippen LogP contribution is -2.28. The minimum atomic E-state index is -0.222. The number of carbonyl (C=O) groups excluding carboxylic acids is 2. The summed E-state index contributed by atoms with van der Waals surface area (Å²) in [6, 6.07) is 14.3. The average Bonchev–Trinajstić information content (AvgIpc) is 3.36. The minimum Gasteiger partial charge on any atom is -0.497 e. The lowest BCUT2D eigenvalue weighted by molar-refractivity contribution is -0.123. The molecule has 1 N–H and O–H groups in total. The van der Waals surface area contributed by atoms with Crippen LogP contribution in [0.2, 0.25) is 0 Å². The van der Waals surface area contributed by atoms with Crippen molar-refractivity contribution in [3.8, 4) is 11.5 Å². The fraction of sp³-hybridized carbons (Fsp3) is 0.158. The molecular formula is C19H17NO4S2. The molecule has 0 atom stereocenters. The van der Waals surface area contributed by atoms with Gasteiger partial charge in [-0.1, -0.05) is 6.07 Å². The normalized spacial score (nSPS) is 10.3. The molecule has 0 fully saturated rings. The fourth-order valence-corrected chi connectivity index (χ4v) is 3.83. The van der Waals surface area contributed by atoms with Gasteiger partial charge in [0.05, 0.1) is 23.4 Å². The molecule has 0 saturated carbocycles. The monoisotopic (exact) mass is 387 g/mol. The van der Waals surface area contributed by atoms with Gasteiger partial charge in [0.2, 0.25) is 5.78 Å². The molecule has 0 aliphatic heterocycles. The van der Waals surface area contributed by atoms with Gasteiger partial charge in [-0.25, -0.2) is 0 Å². The maximum absolute atomic E-state index is 12.3. The number of thiophene rings is 2. The first-order chi connectivity index (χ1) is 12.7. The van der Waals surface area contributed by atoms with Crippen LogP contribution in [-0.2, 0) is 11.3 Å². The summed E-state index contributed by atoms with van der Waals surface area (Å²) < 4.78 is 10.5. The average molecular weight is 387 g/mol. The number of ether oxygens (including phenoxy) is 2. The summed E-state index contributed by atoms with van der Waals surface area (Å²) in [5.74, 6) is 1.12. The summed E-state index contributed by atoms with van der Waals surface area (Å²) >= 11 is 2.81. The van der Waals surface area contributed by atoms with Gasteiger partial charge in [0.1, 0.15) is 11.5 Å². The molecule has 0 unspecified atom stereocenters. The molecule has 7 heteroatoms. The van der Waals surface area contributed by atoms with E-state index in [2.05, 4.69) is 5.32 Å². The number of ketones is 1. The van der Waals surface area contributed by atoms with Gasteiger partial charge in [-0.2, -0.15) is 0 Å². The standard InChI is InChI=1S/C19H17NO4S2/c1-23-13-4-6-14(7-5-13)24-12-18(21)20-11-15-8-9-17(26-15)19(22)16-3-2-10-25-16/h2-10H,11-12H2,1H3,(H,20,21). The van der Waals surface area contributed by atoms with Gasteiger partial charge in [-0.3, -0.25) is 9.59 Å². The van der Waals surface area contributed by atoms with Crippen molar-refractivity contribution in [2.45, 2.75) is 6.54 Å². The van der Waals surface area contributed by atoms with Crippen LogP contribution < -0.4 is 14.8 Å². The van der Waals surface area contributed by atoms with E-state index in [1.165, 1.54) is 22.7 Å². The Morgan fingerprint density at radius 1 is 1.00 bits per heavy atom. The van der Waals surface area contributed by atoms with Crippen LogP contribution in [0.1, 0.15) is 19.4 Å². The maximum Gasteiger partial charge on any atom is 0.258 e. The Labute approximate surface area is 159 Å². The Kier molecular flexibility index (Phi) is 6.04. The van der Waals surface area contributed by atoms with Gasteiger partial charge in [0, 0.05) is 4.88 Å². The van der Waals surface area contributed by atoms with Gasteiger partial charge in [0.25, 0.3) is 5.91 Å². The third kappa shape index (κ3) is 4.71. The Morgan fingerprint density at radius 3 is 2.46 bits per heavy atom. The van der Waals surface area contributed by atoms with Crippen molar-refractivity contribution in [3.05, 3.63) is 68.5 Å². The van der Waals surface area contributed by atoms with Crippen molar-refractivity contribution in [2.75, 3.05) is 13.7 Å². The second-order valence-corrected chi connectivity index (χ2v) is 7.43. The number of carbonyl (C=O) groups is 2. The van der Waals surface area contributed by atoms with E-state index in [1.807, 2.05) is 23.6 Å². The lowest BCUT2D eigenvalue weighted by Gasteiger charge is -2.07. The van der Waals surface area contributed by atoms with Crippen LogP contribution in [0.5, 0.6) is 11.5 Å². The maximum atomic E-state index is 12.3. The molecule has 26 heavy (non-hydrogen) atoms. The molecule has 0 spiro atoms. The van der Waals surface area contributed by atoms with E-state index in [9.17, 15) is 9.59 Å². The van der Waals surface area contributed by atoms with Crippen LogP contribution >= 0.6 is 22.7 Å². The van der Waals surface area contributed by atoms with Crippen LogP contribution in [0.4, 0.5) is 0 Å². The second-order valence-electron chi connectivity index (χ2n) is 5.31. The molecule has 1 aromatic carbocycles. The summed E-state index contributed by atoms with van der Waals surface area (Å²) in [5, 5.41) is 4.67. The van der Waals surface area contributed by atoms with E-state index in [-0.39, 0.29) is 18.3 Å². The predicted molar refractivity (Wildman–Crippen MR) is 102 cm³/mol. The molecule has 3 rings (SSSR count). The van der Waals surface area contributed by atoms with E-state index in [4.69, 9.17) is 9.47 Å². The van der Waals surface area contributed by atoms with Crippen molar-refractivity contribution in [1.29, 1.82) is 0 Å². The third-order valence-electron chi connectivity index (χ3n) is 3.52. The minimum absolute atomic E-state index is 0.0189. The molecule has 5 nitrogen and oxygen atoms in total. The fourth-order valence-electron chi connectivity index (χ4n) is 2.18. The number of amides is 1. The largest absolute Gasteiger partial charge is 0.497 e. The first kappa shape index (κ1) is 18.2. The zero-order valence-corrected chi connectivity index (χ0v) is 15.7. The Hall–Kier alpha value is -2.64. The molecule has 0 aliphatic rings. The molecule has 1 amide bonds. The third-order valence-corrected chi connectivity index (χ3v) is 5.47. The molecule has 2 aromatic heterocycles. The Morgan fingerprint density at radius 2 is 1.77 bits per heavy atom. The zero-order chi connectivity index (χ0) is 18.4. The molecular weight excluding hydrogens is 370 g/mol. The van der Waals surface area contributed by atoms with E-state index >= 15 is 0 Å². The van der Waals surface area contributed by atoms with Crippen molar-refractivity contribution in [1.82, 2.24) is 5.32 Å². The van der Waals surface area contributed by atoms with E-state index in [0.29, 0.717) is 17.2 Å². The van der Waals surface area contributed by atoms with Crippen LogP contribution in [0.15, 0.2) is 53.9 Å². The summed E-state index contributed by atoms with van der Waals surface area (Å²) in [7, 11) is 1.59. The summed E-state index contributed by atoms with van der Waals surface area (Å²) in [6.07, 6.45) is 0. The van der Waals surface area contributed by atoms with E-state index < -0.39 is 0 Å². The van der Waals surface area contributed by atoms with Crippen LogP contribution in [0, 0.1) is 0 Å². The number of rotatable bonds is 8. The smallest absolute Gasteiger partial charge is 0.258 e. The highest BCUT2D eigenvalue weighted by atomic mass is 32.1. The highest BCUT2D eigenvalue weighted by molar-refractivity contribution is 7.16. The molecule has 134 valence electrons. The predicted octanol–water partition coefficient (Wildman–Crippen LogP) is 3.74. The first-order valence-corrected chi connectivity index (χ1v) is 9.56. The molecule has 0 aliphatic carbocycles. The molecule has 0 radical (unpaired) electrons. The van der Waals surface area contributed by atoms with Gasteiger partial charge in [-0.15, -0.1) is 22.7 Å². The molecule has 0 saturated heterocycles. The molecule has 3 aromatic rings. The Balaban J connectivity index is 1.46. The van der Waals surface area contributed by atoms with Crippen LogP contribution in [0.3, 0.4) is 0 Å². The van der Waals surface area contributed by atoms with Crippen LogP contribution in [-0.4, -0.2) is 25.4 Å². The van der Waals surface area contributed by atoms with Crippen molar-refractivity contribution in [2.24, 2.45) is 0 Å². The number of methoxy groups -OCH3 is 1. The second kappa shape index (κ2) is 8.64. The van der Waals surface area contributed by atoms with E-state index in [0.717, 1.165) is 15.5 Å². The molecule has 0 bridgehead atoms. The van der Waals surface area contributed by atoms with Gasteiger partial charge in [-0.05, 0) is 47.8 Å². The highest BCUT2D eigenvalue weighted by Crippen LogP contribution is 2.22. The van der Waals surface area contributed by atoms with Gasteiger partial charge < -0.3 is 14.8 Å². The SMILES string of the molecule is COc1ccc(OCC(=O)NCc2ccc(C(=O)c3cccs3)s2)cc1. The number of benzene rings is 1. The first-order valence-electron chi connectivity index (χ1n) is 7.86. The van der Waals surface area contributed by atoms with Gasteiger partial charge >= 0.3 is 0 Å². The molecule has 2 heterocycles. The quantitative estimate of drug-likeness (QED) is 0.598. The van der Waals surface area contributed by atoms with Crippen molar-refractivity contribution < 1.29 is 19.1 Å². The number of hydrogen-bond donors (Lipinski definition) is 1. The Bertz CT molecular complexity index is 869. The topological polar surface area (TPSA) is 64.6 Å². The lowest BCUT2D eigenvalue weighted by atomic mass is 10.3. The highest BCUT2D eigenvalue weighted by Gasteiger charge is 2.13. The van der Waals surface area contributed by atoms with Crippen LogP contribution in [0.25, 0.3) is 0 Å². The van der Waals surface area contributed by atoms with Crippen molar-refractivity contribution >= 4 is 34.4 Å². The summed E-state index contributed by atoms with van der Waals surface area (Å²) in [6.45, 7) is 0.298. The zero-order valence-electron chi connectivity index (χ0n) is 14.1.